The number of likely N-dealkylation sites (N-methyl/N-ethyl adjacent to an activating group) is 1. The predicted octanol–water partition coefficient (Wildman–Crippen LogP) is 3.20. The molecule has 0 spiro atoms. The topological polar surface area (TPSA) is 138 Å². The van der Waals surface area contributed by atoms with Gasteiger partial charge in [-0.1, -0.05) is 19.9 Å². The number of methoxy groups -OCH3 is 1. The standard InChI is InChI=1S/C28H35FN6O5/c1-17(2)13-18-14-19(29)15-22-25(18)33-23(30-22)16-35-12-8-10-21(27(35)38)31-26(37)20(32-28(39)40-5)9-6-7-11-24(36)34(3)4/h7-8,10-12,14-15,17,20H,6,9,13,16H2,1-5H3,(H,30,33)(H,31,37)(H,32,39)/b11-7+/t20-/m0/s1. The summed E-state index contributed by atoms with van der Waals surface area (Å²) in [7, 11) is 4.41. The summed E-state index contributed by atoms with van der Waals surface area (Å²) in [5.41, 5.74) is 1.50. The Bertz CT molecular complexity index is 1460. The van der Waals surface area contributed by atoms with E-state index in [1.54, 1.807) is 32.4 Å². The molecule has 0 aliphatic carbocycles. The number of allylic oxidation sites excluding steroid dienone is 1. The van der Waals surface area contributed by atoms with Gasteiger partial charge >= 0.3 is 6.09 Å². The van der Waals surface area contributed by atoms with Gasteiger partial charge < -0.3 is 29.8 Å². The molecule has 0 radical (unpaired) electrons. The summed E-state index contributed by atoms with van der Waals surface area (Å²) in [6.07, 6.45) is 4.85. The summed E-state index contributed by atoms with van der Waals surface area (Å²) in [5.74, 6) is -0.430. The largest absolute Gasteiger partial charge is 0.453 e. The van der Waals surface area contributed by atoms with Crippen molar-refractivity contribution < 1.29 is 23.5 Å². The van der Waals surface area contributed by atoms with Gasteiger partial charge in [-0.25, -0.2) is 14.2 Å². The fraction of sp³-hybridized carbons (Fsp3) is 0.393. The van der Waals surface area contributed by atoms with Crippen molar-refractivity contribution in [2.45, 2.75) is 45.7 Å². The molecule has 0 aliphatic heterocycles. The Hall–Kier alpha value is -4.48. The van der Waals surface area contributed by atoms with Crippen LogP contribution in [-0.2, 0) is 27.3 Å². The van der Waals surface area contributed by atoms with E-state index in [0.717, 1.165) is 5.56 Å². The normalized spacial score (nSPS) is 12.1. The number of carbonyl (C=O) groups is 3. The number of hydrogen-bond acceptors (Lipinski definition) is 6. The second kappa shape index (κ2) is 13.5. The van der Waals surface area contributed by atoms with Crippen LogP contribution in [0.5, 0.6) is 0 Å². The number of carbonyl (C=O) groups excluding carboxylic acids is 3. The Morgan fingerprint density at radius 1 is 1.25 bits per heavy atom. The first-order chi connectivity index (χ1) is 19.0. The first kappa shape index (κ1) is 30.1. The van der Waals surface area contributed by atoms with Gasteiger partial charge in [0, 0.05) is 20.3 Å². The number of aromatic nitrogens is 3. The Morgan fingerprint density at radius 3 is 2.67 bits per heavy atom. The number of imidazole rings is 1. The molecule has 3 rings (SSSR count). The minimum absolute atomic E-state index is 0.00476. The van der Waals surface area contributed by atoms with Crippen LogP contribution in [-0.4, -0.2) is 64.6 Å². The zero-order valence-corrected chi connectivity index (χ0v) is 23.3. The van der Waals surface area contributed by atoms with Crippen molar-refractivity contribution in [1.29, 1.82) is 0 Å². The molecule has 3 aromatic rings. The molecule has 11 nitrogen and oxygen atoms in total. The number of pyridine rings is 1. The number of halogens is 1. The fourth-order valence-corrected chi connectivity index (χ4v) is 4.08. The van der Waals surface area contributed by atoms with Gasteiger partial charge in [-0.05, 0) is 61.1 Å². The maximum Gasteiger partial charge on any atom is 0.407 e. The van der Waals surface area contributed by atoms with Gasteiger partial charge in [-0.2, -0.15) is 0 Å². The van der Waals surface area contributed by atoms with Crippen LogP contribution in [0.3, 0.4) is 0 Å². The van der Waals surface area contributed by atoms with E-state index in [0.29, 0.717) is 35.6 Å². The third-order valence-electron chi connectivity index (χ3n) is 6.02. The van der Waals surface area contributed by atoms with E-state index in [1.165, 1.54) is 40.9 Å². The van der Waals surface area contributed by atoms with Crippen LogP contribution in [0.1, 0.15) is 38.1 Å². The number of aromatic amines is 1. The van der Waals surface area contributed by atoms with Crippen molar-refractivity contribution >= 4 is 34.6 Å². The minimum atomic E-state index is -1.02. The van der Waals surface area contributed by atoms with Gasteiger partial charge in [0.1, 0.15) is 23.4 Å². The van der Waals surface area contributed by atoms with Gasteiger partial charge in [-0.3, -0.25) is 14.4 Å². The van der Waals surface area contributed by atoms with Crippen molar-refractivity contribution in [2.75, 3.05) is 26.5 Å². The first-order valence-electron chi connectivity index (χ1n) is 12.9. The number of fused-ring (bicyclic) bond motifs is 1. The predicted molar refractivity (Wildman–Crippen MR) is 149 cm³/mol. The Labute approximate surface area is 231 Å². The maximum absolute atomic E-state index is 14.2. The second-order valence-electron chi connectivity index (χ2n) is 9.99. The van der Waals surface area contributed by atoms with E-state index in [1.807, 2.05) is 13.8 Å². The van der Waals surface area contributed by atoms with E-state index in [9.17, 15) is 23.6 Å². The molecule has 0 fully saturated rings. The lowest BCUT2D eigenvalue weighted by molar-refractivity contribution is -0.123. The molecule has 3 N–H and O–H groups in total. The fourth-order valence-electron chi connectivity index (χ4n) is 4.08. The van der Waals surface area contributed by atoms with Gasteiger partial charge in [0.05, 0.1) is 24.7 Å². The molecule has 0 aliphatic rings. The van der Waals surface area contributed by atoms with Crippen molar-refractivity contribution in [3.63, 3.8) is 0 Å². The molecule has 1 aromatic carbocycles. The smallest absolute Gasteiger partial charge is 0.407 e. The lowest BCUT2D eigenvalue weighted by Gasteiger charge is -2.17. The van der Waals surface area contributed by atoms with E-state index in [2.05, 4.69) is 25.3 Å². The van der Waals surface area contributed by atoms with Crippen molar-refractivity contribution in [3.8, 4) is 0 Å². The molecule has 2 heterocycles. The summed E-state index contributed by atoms with van der Waals surface area (Å²) < 4.78 is 20.1. The average Bonchev–Trinajstić information content (AvgIpc) is 3.29. The average molecular weight is 555 g/mol. The van der Waals surface area contributed by atoms with E-state index >= 15 is 0 Å². The van der Waals surface area contributed by atoms with Crippen LogP contribution in [0.2, 0.25) is 0 Å². The molecule has 1 atom stereocenters. The minimum Gasteiger partial charge on any atom is -0.453 e. The summed E-state index contributed by atoms with van der Waals surface area (Å²) in [4.78, 5) is 58.8. The lowest BCUT2D eigenvalue weighted by Crippen LogP contribution is -2.44. The summed E-state index contributed by atoms with van der Waals surface area (Å²) >= 11 is 0. The highest BCUT2D eigenvalue weighted by atomic mass is 19.1. The highest BCUT2D eigenvalue weighted by Crippen LogP contribution is 2.22. The number of nitrogens with one attached hydrogen (secondary N) is 3. The number of benzene rings is 1. The number of alkyl carbamates (subject to hydrolysis) is 1. The van der Waals surface area contributed by atoms with E-state index < -0.39 is 23.6 Å². The van der Waals surface area contributed by atoms with Gasteiger partial charge in [-0.15, -0.1) is 0 Å². The van der Waals surface area contributed by atoms with Gasteiger partial charge in [0.15, 0.2) is 0 Å². The molecule has 2 aromatic heterocycles. The maximum atomic E-state index is 14.2. The molecule has 12 heteroatoms. The third-order valence-corrected chi connectivity index (χ3v) is 6.02. The lowest BCUT2D eigenvalue weighted by atomic mass is 10.0. The second-order valence-corrected chi connectivity index (χ2v) is 9.99. The van der Waals surface area contributed by atoms with Crippen molar-refractivity contribution in [2.24, 2.45) is 5.92 Å². The summed E-state index contributed by atoms with van der Waals surface area (Å²) in [5, 5.41) is 5.03. The number of hydrogen-bond donors (Lipinski definition) is 3. The third kappa shape index (κ3) is 8.01. The Kier molecular flexibility index (Phi) is 10.2. The summed E-state index contributed by atoms with van der Waals surface area (Å²) in [6.45, 7) is 4.14. The number of ether oxygens (including phenoxy) is 1. The number of anilines is 1. The highest BCUT2D eigenvalue weighted by Gasteiger charge is 2.22. The van der Waals surface area contributed by atoms with E-state index in [4.69, 9.17) is 0 Å². The van der Waals surface area contributed by atoms with Gasteiger partial charge in [0.25, 0.3) is 5.56 Å². The van der Waals surface area contributed by atoms with Crippen molar-refractivity contribution in [3.05, 3.63) is 70.2 Å². The number of H-pyrrole nitrogens is 1. The quantitative estimate of drug-likeness (QED) is 0.311. The molecule has 0 saturated heterocycles. The number of nitrogens with zero attached hydrogens (tertiary/aromatic N) is 3. The Morgan fingerprint density at radius 2 is 2.00 bits per heavy atom. The summed E-state index contributed by atoms with van der Waals surface area (Å²) in [6, 6.07) is 4.88. The van der Waals surface area contributed by atoms with Crippen LogP contribution >= 0.6 is 0 Å². The number of amides is 3. The molecule has 40 heavy (non-hydrogen) atoms. The SMILES string of the molecule is COC(=O)N[C@@H](CC/C=C/C(=O)N(C)C)C(=O)Nc1cccn(Cc2nc3c(CC(C)C)cc(F)cc3[nH]2)c1=O. The zero-order chi connectivity index (χ0) is 29.4. The molecule has 0 unspecified atom stereocenters. The molecular formula is C28H35FN6O5. The molecule has 214 valence electrons. The van der Waals surface area contributed by atoms with Crippen LogP contribution in [0.25, 0.3) is 11.0 Å². The van der Waals surface area contributed by atoms with Gasteiger partial charge in [0.2, 0.25) is 11.8 Å². The first-order valence-corrected chi connectivity index (χ1v) is 12.9. The van der Waals surface area contributed by atoms with Crippen LogP contribution < -0.4 is 16.2 Å². The highest BCUT2D eigenvalue weighted by molar-refractivity contribution is 5.96. The van der Waals surface area contributed by atoms with Crippen LogP contribution in [0.15, 0.2) is 47.4 Å². The Balaban J connectivity index is 1.78. The van der Waals surface area contributed by atoms with Crippen molar-refractivity contribution in [1.82, 2.24) is 24.8 Å². The monoisotopic (exact) mass is 554 g/mol. The van der Waals surface area contributed by atoms with E-state index in [-0.39, 0.29) is 30.4 Å². The number of rotatable bonds is 11. The van der Waals surface area contributed by atoms with Crippen LogP contribution in [0.4, 0.5) is 14.9 Å². The molecule has 0 bridgehead atoms. The zero-order valence-electron chi connectivity index (χ0n) is 23.3. The molecule has 3 amide bonds. The molecule has 0 saturated carbocycles. The molecular weight excluding hydrogens is 519 g/mol. The van der Waals surface area contributed by atoms with Crippen LogP contribution in [0, 0.1) is 11.7 Å².